The zero-order chi connectivity index (χ0) is 15.3. The predicted octanol–water partition coefficient (Wildman–Crippen LogP) is 1.22. The number of aromatic nitrogens is 2. The first-order chi connectivity index (χ1) is 9.90. The van der Waals surface area contributed by atoms with Gasteiger partial charge < -0.3 is 5.73 Å². The fourth-order valence-corrected chi connectivity index (χ4v) is 2.60. The maximum Gasteiger partial charge on any atom is 0.252 e. The predicted molar refractivity (Wildman–Crippen MR) is 70.1 cm³/mol. The number of nitrogen functional groups attached to an aromatic ring is 1. The lowest BCUT2D eigenvalue weighted by Gasteiger charge is -2.29. The lowest BCUT2D eigenvalue weighted by Crippen LogP contribution is -2.43. The molecular formula is C13H12F2N4O2. The number of likely N-dealkylation sites (tertiary alicyclic amines) is 1. The summed E-state index contributed by atoms with van der Waals surface area (Å²) in [6, 6.07) is 0.988. The number of hydrogen-bond acceptors (Lipinski definition) is 4. The van der Waals surface area contributed by atoms with Crippen LogP contribution in [0.5, 0.6) is 0 Å². The molecule has 0 spiro atoms. The Balaban J connectivity index is 2.19. The van der Waals surface area contributed by atoms with Crippen molar-refractivity contribution in [3.05, 3.63) is 23.8 Å². The van der Waals surface area contributed by atoms with Crippen molar-refractivity contribution in [1.29, 1.82) is 0 Å². The van der Waals surface area contributed by atoms with E-state index in [-0.39, 0.29) is 35.7 Å². The lowest BCUT2D eigenvalue weighted by molar-refractivity contribution is -0.149. The van der Waals surface area contributed by atoms with E-state index < -0.39 is 23.6 Å². The van der Waals surface area contributed by atoms with Gasteiger partial charge in [-0.15, -0.1) is 0 Å². The number of carbonyl (C=O) groups is 2. The van der Waals surface area contributed by atoms with Crippen LogP contribution < -0.4 is 5.73 Å². The van der Waals surface area contributed by atoms with Gasteiger partial charge in [-0.1, -0.05) is 0 Å². The Bertz CT molecular complexity index is 771. The Morgan fingerprint density at radius 2 is 2.05 bits per heavy atom. The summed E-state index contributed by atoms with van der Waals surface area (Å²) in [7, 11) is 1.37. The van der Waals surface area contributed by atoms with Crippen molar-refractivity contribution in [2.45, 2.75) is 18.9 Å². The number of rotatable bonds is 1. The molecule has 1 aromatic carbocycles. The van der Waals surface area contributed by atoms with Gasteiger partial charge in [-0.25, -0.2) is 13.8 Å². The number of benzene rings is 1. The summed E-state index contributed by atoms with van der Waals surface area (Å²) in [5.41, 5.74) is 5.76. The summed E-state index contributed by atoms with van der Waals surface area (Å²) < 4.78 is 28.4. The summed E-state index contributed by atoms with van der Waals surface area (Å²) in [4.78, 5) is 28.6. The second kappa shape index (κ2) is 4.51. The van der Waals surface area contributed by atoms with Crippen molar-refractivity contribution in [3.8, 4) is 0 Å². The third-order valence-corrected chi connectivity index (χ3v) is 3.67. The normalized spacial score (nSPS) is 19.6. The zero-order valence-electron chi connectivity index (χ0n) is 11.1. The molecule has 1 aromatic heterocycles. The number of nitrogens with zero attached hydrogens (tertiary/aromatic N) is 3. The van der Waals surface area contributed by atoms with Crippen LogP contribution in [0.4, 0.5) is 14.7 Å². The largest absolute Gasteiger partial charge is 0.369 e. The van der Waals surface area contributed by atoms with Crippen LogP contribution in [0.1, 0.15) is 18.9 Å². The van der Waals surface area contributed by atoms with Crippen molar-refractivity contribution in [3.63, 3.8) is 0 Å². The average Bonchev–Trinajstić information content (AvgIpc) is 2.74. The number of carbonyl (C=O) groups excluding carboxylic acids is 2. The van der Waals surface area contributed by atoms with Gasteiger partial charge >= 0.3 is 0 Å². The van der Waals surface area contributed by atoms with Gasteiger partial charge in [0.2, 0.25) is 11.9 Å². The maximum atomic E-state index is 13.7. The topological polar surface area (TPSA) is 81.2 Å². The summed E-state index contributed by atoms with van der Waals surface area (Å²) >= 11 is 0. The van der Waals surface area contributed by atoms with Gasteiger partial charge in [-0.05, 0) is 6.42 Å². The van der Waals surface area contributed by atoms with Crippen molar-refractivity contribution < 1.29 is 18.4 Å². The SMILES string of the molecule is CN1C(=O)CCC(n2c(N)nc3c(F)cc(F)cc32)C1=O. The molecule has 2 heterocycles. The second-order valence-electron chi connectivity index (χ2n) is 4.94. The molecule has 1 unspecified atom stereocenters. The van der Waals surface area contributed by atoms with Crippen LogP contribution in [0.15, 0.2) is 12.1 Å². The number of halogens is 2. The van der Waals surface area contributed by atoms with E-state index in [1.54, 1.807) is 0 Å². The molecule has 21 heavy (non-hydrogen) atoms. The standard InChI is InChI=1S/C13H12F2N4O2/c1-18-10(20)3-2-8(12(18)21)19-9-5-6(14)4-7(15)11(9)17-13(19)16/h4-5,8H,2-3H2,1H3,(H2,16,17). The lowest BCUT2D eigenvalue weighted by atomic mass is 10.0. The van der Waals surface area contributed by atoms with Crippen LogP contribution in [0.3, 0.4) is 0 Å². The molecule has 0 aliphatic carbocycles. The fourth-order valence-electron chi connectivity index (χ4n) is 2.60. The van der Waals surface area contributed by atoms with E-state index in [2.05, 4.69) is 4.98 Å². The highest BCUT2D eigenvalue weighted by atomic mass is 19.1. The highest BCUT2D eigenvalue weighted by molar-refractivity contribution is 6.00. The highest BCUT2D eigenvalue weighted by Crippen LogP contribution is 2.31. The summed E-state index contributed by atoms with van der Waals surface area (Å²) in [5, 5.41) is 0. The number of likely N-dealkylation sites (N-methyl/N-ethyl adjacent to an activating group) is 1. The van der Waals surface area contributed by atoms with Crippen molar-refractivity contribution in [2.75, 3.05) is 12.8 Å². The minimum atomic E-state index is -0.844. The maximum absolute atomic E-state index is 13.7. The molecule has 1 aliphatic heterocycles. The first kappa shape index (κ1) is 13.5. The smallest absolute Gasteiger partial charge is 0.252 e. The van der Waals surface area contributed by atoms with Gasteiger partial charge in [0.15, 0.2) is 5.82 Å². The summed E-state index contributed by atoms with van der Waals surface area (Å²) in [6.45, 7) is 0. The average molecular weight is 294 g/mol. The highest BCUT2D eigenvalue weighted by Gasteiger charge is 2.35. The number of piperidine rings is 1. The first-order valence-corrected chi connectivity index (χ1v) is 6.33. The Labute approximate surface area is 118 Å². The molecule has 1 fully saturated rings. The molecule has 110 valence electrons. The van der Waals surface area contributed by atoms with E-state index in [9.17, 15) is 18.4 Å². The van der Waals surface area contributed by atoms with Crippen LogP contribution in [0, 0.1) is 11.6 Å². The molecule has 0 radical (unpaired) electrons. The quantitative estimate of drug-likeness (QED) is 0.802. The third kappa shape index (κ3) is 1.94. The van der Waals surface area contributed by atoms with Crippen LogP contribution >= 0.6 is 0 Å². The van der Waals surface area contributed by atoms with Crippen molar-refractivity contribution >= 4 is 28.8 Å². The minimum absolute atomic E-state index is 0.0874. The van der Waals surface area contributed by atoms with E-state index in [0.717, 1.165) is 11.0 Å². The molecule has 2 N–H and O–H groups in total. The van der Waals surface area contributed by atoms with Gasteiger partial charge in [0.25, 0.3) is 5.91 Å². The summed E-state index contributed by atoms with van der Waals surface area (Å²) in [6.07, 6.45) is 0.375. The molecule has 1 aliphatic rings. The van der Waals surface area contributed by atoms with Crippen LogP contribution in [0.2, 0.25) is 0 Å². The number of anilines is 1. The minimum Gasteiger partial charge on any atom is -0.369 e. The van der Waals surface area contributed by atoms with Gasteiger partial charge in [-0.3, -0.25) is 19.1 Å². The third-order valence-electron chi connectivity index (χ3n) is 3.67. The van der Waals surface area contributed by atoms with Gasteiger partial charge in [-0.2, -0.15) is 0 Å². The molecule has 6 nitrogen and oxygen atoms in total. The monoisotopic (exact) mass is 294 g/mol. The molecule has 8 heteroatoms. The van der Waals surface area contributed by atoms with E-state index in [0.29, 0.717) is 6.07 Å². The molecule has 3 rings (SSSR count). The summed E-state index contributed by atoms with van der Waals surface area (Å²) in [5.74, 6) is -2.48. The van der Waals surface area contributed by atoms with Crippen LogP contribution in [-0.2, 0) is 9.59 Å². The van der Waals surface area contributed by atoms with Crippen LogP contribution in [0.25, 0.3) is 11.0 Å². The molecule has 1 saturated heterocycles. The Hall–Kier alpha value is -2.51. The van der Waals surface area contributed by atoms with Gasteiger partial charge in [0, 0.05) is 25.6 Å². The number of fused-ring (bicyclic) bond motifs is 1. The molecular weight excluding hydrogens is 282 g/mol. The van der Waals surface area contributed by atoms with Crippen LogP contribution in [-0.4, -0.2) is 33.3 Å². The van der Waals surface area contributed by atoms with Gasteiger partial charge in [0.05, 0.1) is 5.52 Å². The van der Waals surface area contributed by atoms with E-state index in [1.807, 2.05) is 0 Å². The number of imide groups is 1. The molecule has 0 bridgehead atoms. The Morgan fingerprint density at radius 1 is 1.33 bits per heavy atom. The molecule has 1 atom stereocenters. The number of imidazole rings is 1. The first-order valence-electron chi connectivity index (χ1n) is 6.33. The number of nitrogens with two attached hydrogens (primary N) is 1. The van der Waals surface area contributed by atoms with E-state index in [1.165, 1.54) is 11.6 Å². The van der Waals surface area contributed by atoms with Gasteiger partial charge in [0.1, 0.15) is 17.4 Å². The molecule has 2 amide bonds. The second-order valence-corrected chi connectivity index (χ2v) is 4.94. The fraction of sp³-hybridized carbons (Fsp3) is 0.308. The van der Waals surface area contributed by atoms with Crippen molar-refractivity contribution in [2.24, 2.45) is 0 Å². The van der Waals surface area contributed by atoms with E-state index in [4.69, 9.17) is 5.73 Å². The zero-order valence-corrected chi connectivity index (χ0v) is 11.1. The number of hydrogen-bond donors (Lipinski definition) is 1. The number of amides is 2. The molecule has 2 aromatic rings. The van der Waals surface area contributed by atoms with Crippen molar-refractivity contribution in [1.82, 2.24) is 14.5 Å². The van der Waals surface area contributed by atoms with E-state index >= 15 is 0 Å². The Morgan fingerprint density at radius 3 is 2.76 bits per heavy atom. The molecule has 0 saturated carbocycles. The Kier molecular flexibility index (Phi) is 2.89.